The van der Waals surface area contributed by atoms with Crippen molar-refractivity contribution in [1.82, 2.24) is 10.3 Å². The summed E-state index contributed by atoms with van der Waals surface area (Å²) in [5.74, 6) is 1.57. The van der Waals surface area contributed by atoms with E-state index in [1.165, 1.54) is 5.56 Å². The lowest BCUT2D eigenvalue weighted by molar-refractivity contribution is 0.481. The number of aromatic nitrogens is 1. The number of pyridine rings is 1. The van der Waals surface area contributed by atoms with Gasteiger partial charge in [0.05, 0.1) is 11.4 Å². The Kier molecular flexibility index (Phi) is 3.63. The molecule has 0 amide bonds. The minimum absolute atomic E-state index is 0.752. The highest BCUT2D eigenvalue weighted by molar-refractivity contribution is 5.59. The molecule has 1 N–H and O–H groups in total. The van der Waals surface area contributed by atoms with Crippen LogP contribution in [0.5, 0.6) is 11.5 Å². The van der Waals surface area contributed by atoms with Gasteiger partial charge in [0.2, 0.25) is 0 Å². The standard InChI is InChI=1S/C15H16N2O/c1-11-5-4-6-13(9-11)18-14-7-8-17-15(10-14)12(2)16-3/h4-10,16H,2H2,1,3H3. The largest absolute Gasteiger partial charge is 0.457 e. The maximum absolute atomic E-state index is 5.79. The topological polar surface area (TPSA) is 34.1 Å². The normalized spacial score (nSPS) is 9.89. The predicted octanol–water partition coefficient (Wildman–Crippen LogP) is 3.37. The molecular weight excluding hydrogens is 224 g/mol. The molecule has 0 aliphatic heterocycles. The summed E-state index contributed by atoms with van der Waals surface area (Å²) >= 11 is 0. The molecule has 0 saturated heterocycles. The number of hydrogen-bond acceptors (Lipinski definition) is 3. The Morgan fingerprint density at radius 3 is 2.72 bits per heavy atom. The van der Waals surface area contributed by atoms with Crippen LogP contribution in [0, 0.1) is 6.92 Å². The lowest BCUT2D eigenvalue weighted by atomic mass is 10.2. The van der Waals surface area contributed by atoms with Crippen molar-refractivity contribution in [3.8, 4) is 11.5 Å². The van der Waals surface area contributed by atoms with Crippen LogP contribution in [-0.2, 0) is 0 Å². The van der Waals surface area contributed by atoms with Crippen LogP contribution >= 0.6 is 0 Å². The molecule has 1 aromatic carbocycles. The summed E-state index contributed by atoms with van der Waals surface area (Å²) < 4.78 is 5.79. The van der Waals surface area contributed by atoms with E-state index in [1.807, 2.05) is 50.4 Å². The minimum Gasteiger partial charge on any atom is -0.457 e. The molecule has 2 aromatic rings. The summed E-state index contributed by atoms with van der Waals surface area (Å²) in [6, 6.07) is 11.6. The SMILES string of the molecule is C=C(NC)c1cc(Oc2cccc(C)c2)ccn1. The smallest absolute Gasteiger partial charge is 0.131 e. The van der Waals surface area contributed by atoms with Crippen molar-refractivity contribution < 1.29 is 4.74 Å². The molecule has 0 fully saturated rings. The molecule has 1 heterocycles. The highest BCUT2D eigenvalue weighted by Gasteiger charge is 2.02. The van der Waals surface area contributed by atoms with Crippen molar-refractivity contribution >= 4 is 5.70 Å². The van der Waals surface area contributed by atoms with E-state index in [-0.39, 0.29) is 0 Å². The zero-order valence-electron chi connectivity index (χ0n) is 10.6. The third-order valence-corrected chi connectivity index (χ3v) is 2.57. The first-order chi connectivity index (χ1) is 8.69. The average Bonchev–Trinajstić information content (AvgIpc) is 2.38. The first kappa shape index (κ1) is 12.2. The van der Waals surface area contributed by atoms with Crippen molar-refractivity contribution in [1.29, 1.82) is 0 Å². The van der Waals surface area contributed by atoms with Crippen LogP contribution in [0.2, 0.25) is 0 Å². The van der Waals surface area contributed by atoms with Gasteiger partial charge in [-0.2, -0.15) is 0 Å². The molecule has 0 atom stereocenters. The van der Waals surface area contributed by atoms with Crippen LogP contribution in [0.3, 0.4) is 0 Å². The molecule has 1 aromatic heterocycles. The van der Waals surface area contributed by atoms with Crippen molar-refractivity contribution in [2.45, 2.75) is 6.92 Å². The number of aryl methyl sites for hydroxylation is 1. The second-order valence-electron chi connectivity index (χ2n) is 4.02. The van der Waals surface area contributed by atoms with E-state index in [1.54, 1.807) is 6.20 Å². The van der Waals surface area contributed by atoms with Gasteiger partial charge in [-0.05, 0) is 30.7 Å². The Balaban J connectivity index is 2.22. The summed E-state index contributed by atoms with van der Waals surface area (Å²) in [7, 11) is 1.82. The van der Waals surface area contributed by atoms with E-state index in [9.17, 15) is 0 Å². The van der Waals surface area contributed by atoms with Gasteiger partial charge in [0.1, 0.15) is 11.5 Å². The van der Waals surface area contributed by atoms with E-state index >= 15 is 0 Å². The first-order valence-corrected chi connectivity index (χ1v) is 5.76. The van der Waals surface area contributed by atoms with E-state index in [4.69, 9.17) is 4.74 Å². The van der Waals surface area contributed by atoms with E-state index < -0.39 is 0 Å². The second kappa shape index (κ2) is 5.36. The zero-order valence-corrected chi connectivity index (χ0v) is 10.6. The Morgan fingerprint density at radius 2 is 2.00 bits per heavy atom. The third-order valence-electron chi connectivity index (χ3n) is 2.57. The van der Waals surface area contributed by atoms with Gasteiger partial charge in [-0.3, -0.25) is 4.98 Å². The molecule has 3 nitrogen and oxygen atoms in total. The maximum Gasteiger partial charge on any atom is 0.131 e. The molecule has 0 spiro atoms. The van der Waals surface area contributed by atoms with Crippen LogP contribution < -0.4 is 10.1 Å². The lowest BCUT2D eigenvalue weighted by Crippen LogP contribution is -2.04. The molecule has 2 rings (SSSR count). The summed E-state index contributed by atoms with van der Waals surface area (Å²) in [6.45, 7) is 5.91. The summed E-state index contributed by atoms with van der Waals surface area (Å²) in [5.41, 5.74) is 2.72. The summed E-state index contributed by atoms with van der Waals surface area (Å²) in [6.07, 6.45) is 1.71. The fraction of sp³-hybridized carbons (Fsp3) is 0.133. The van der Waals surface area contributed by atoms with Crippen molar-refractivity contribution in [3.63, 3.8) is 0 Å². The molecule has 3 heteroatoms. The van der Waals surface area contributed by atoms with Crippen LogP contribution in [0.1, 0.15) is 11.3 Å². The maximum atomic E-state index is 5.79. The Morgan fingerprint density at radius 1 is 1.22 bits per heavy atom. The molecule has 0 aliphatic carbocycles. The highest BCUT2D eigenvalue weighted by Crippen LogP contribution is 2.23. The van der Waals surface area contributed by atoms with E-state index in [2.05, 4.69) is 16.9 Å². The molecule has 92 valence electrons. The second-order valence-corrected chi connectivity index (χ2v) is 4.02. The van der Waals surface area contributed by atoms with Crippen LogP contribution in [0.25, 0.3) is 5.70 Å². The monoisotopic (exact) mass is 240 g/mol. The van der Waals surface area contributed by atoms with Crippen molar-refractivity contribution in [2.75, 3.05) is 7.05 Å². The van der Waals surface area contributed by atoms with Crippen LogP contribution in [0.4, 0.5) is 0 Å². The van der Waals surface area contributed by atoms with Gasteiger partial charge in [-0.15, -0.1) is 0 Å². The van der Waals surface area contributed by atoms with Crippen molar-refractivity contribution in [2.24, 2.45) is 0 Å². The van der Waals surface area contributed by atoms with Gasteiger partial charge in [-0.25, -0.2) is 0 Å². The fourth-order valence-electron chi connectivity index (χ4n) is 1.58. The van der Waals surface area contributed by atoms with Gasteiger partial charge in [0.15, 0.2) is 0 Å². The summed E-state index contributed by atoms with van der Waals surface area (Å²) in [5, 5.41) is 2.97. The van der Waals surface area contributed by atoms with Crippen molar-refractivity contribution in [3.05, 3.63) is 60.4 Å². The summed E-state index contributed by atoms with van der Waals surface area (Å²) in [4.78, 5) is 4.23. The van der Waals surface area contributed by atoms with Gasteiger partial charge < -0.3 is 10.1 Å². The van der Waals surface area contributed by atoms with Gasteiger partial charge in [0, 0.05) is 19.3 Å². The third kappa shape index (κ3) is 2.88. The van der Waals surface area contributed by atoms with E-state index in [0.717, 1.165) is 22.9 Å². The first-order valence-electron chi connectivity index (χ1n) is 5.76. The predicted molar refractivity (Wildman–Crippen MR) is 73.6 cm³/mol. The number of benzene rings is 1. The Hall–Kier alpha value is -2.29. The molecular formula is C15H16N2O. The number of nitrogens with one attached hydrogen (secondary N) is 1. The molecule has 0 radical (unpaired) electrons. The number of nitrogens with zero attached hydrogens (tertiary/aromatic N) is 1. The van der Waals surface area contributed by atoms with Gasteiger partial charge >= 0.3 is 0 Å². The van der Waals surface area contributed by atoms with Crippen LogP contribution in [-0.4, -0.2) is 12.0 Å². The number of rotatable bonds is 4. The average molecular weight is 240 g/mol. The van der Waals surface area contributed by atoms with Gasteiger partial charge in [0.25, 0.3) is 0 Å². The quantitative estimate of drug-likeness (QED) is 0.889. The number of ether oxygens (including phenoxy) is 1. The van der Waals surface area contributed by atoms with Crippen LogP contribution in [0.15, 0.2) is 49.2 Å². The molecule has 0 aliphatic rings. The zero-order chi connectivity index (χ0) is 13.0. The molecule has 18 heavy (non-hydrogen) atoms. The fourth-order valence-corrected chi connectivity index (χ4v) is 1.58. The lowest BCUT2D eigenvalue weighted by Gasteiger charge is -2.08. The number of hydrogen-bond donors (Lipinski definition) is 1. The molecule has 0 saturated carbocycles. The minimum atomic E-state index is 0.752. The highest BCUT2D eigenvalue weighted by atomic mass is 16.5. The molecule has 0 unspecified atom stereocenters. The Bertz CT molecular complexity index is 564. The molecule has 0 bridgehead atoms. The van der Waals surface area contributed by atoms with Gasteiger partial charge in [-0.1, -0.05) is 18.7 Å². The van der Waals surface area contributed by atoms with E-state index in [0.29, 0.717) is 0 Å². The Labute approximate surface area is 107 Å².